The van der Waals surface area contributed by atoms with Crippen molar-refractivity contribution in [2.45, 2.75) is 44.9 Å². The molecule has 0 aromatic heterocycles. The van der Waals surface area contributed by atoms with Gasteiger partial charge in [0.1, 0.15) is 6.10 Å². The smallest absolute Gasteiger partial charge is 0.251 e. The highest BCUT2D eigenvalue weighted by atomic mass is 127. The Morgan fingerprint density at radius 1 is 1.18 bits per heavy atom. The molecule has 0 aromatic rings. The molecule has 9 heteroatoms. The summed E-state index contributed by atoms with van der Waals surface area (Å²) < 4.78 is 11.1. The number of nitrogens with one attached hydrogen (secondary N) is 1. The summed E-state index contributed by atoms with van der Waals surface area (Å²) in [7, 11) is 1.83. The summed E-state index contributed by atoms with van der Waals surface area (Å²) in [6, 6.07) is 0.868. The van der Waals surface area contributed by atoms with Crippen molar-refractivity contribution < 1.29 is 14.3 Å². The average molecular weight is 509 g/mol. The third-order valence-electron chi connectivity index (χ3n) is 5.85. The van der Waals surface area contributed by atoms with Gasteiger partial charge in [0.2, 0.25) is 0 Å². The van der Waals surface area contributed by atoms with Crippen LogP contribution in [0.4, 0.5) is 0 Å². The maximum Gasteiger partial charge on any atom is 0.251 e. The number of piperazine rings is 1. The second-order valence-electron chi connectivity index (χ2n) is 7.75. The predicted octanol–water partition coefficient (Wildman–Crippen LogP) is 0.612. The van der Waals surface area contributed by atoms with E-state index < -0.39 is 0 Å². The van der Waals surface area contributed by atoms with E-state index in [1.54, 1.807) is 0 Å². The minimum atomic E-state index is -0.217. The third kappa shape index (κ3) is 5.93. The number of ether oxygens (including phenoxy) is 2. The molecule has 3 heterocycles. The fraction of sp³-hybridized carbons (Fsp3) is 0.895. The Kier molecular flexibility index (Phi) is 9.72. The number of morpholine rings is 1. The zero-order valence-corrected chi connectivity index (χ0v) is 19.8. The average Bonchev–Trinajstić information content (AvgIpc) is 3.23. The lowest BCUT2D eigenvalue weighted by molar-refractivity contribution is -0.142. The fourth-order valence-electron chi connectivity index (χ4n) is 4.20. The van der Waals surface area contributed by atoms with Gasteiger partial charge in [0.25, 0.3) is 5.91 Å². The molecule has 0 bridgehead atoms. The molecule has 0 spiro atoms. The molecule has 1 N–H and O–H groups in total. The molecule has 3 unspecified atom stereocenters. The molecule has 28 heavy (non-hydrogen) atoms. The molecule has 3 aliphatic heterocycles. The van der Waals surface area contributed by atoms with Crippen LogP contribution < -0.4 is 5.32 Å². The van der Waals surface area contributed by atoms with Crippen molar-refractivity contribution in [3.05, 3.63) is 0 Å². The first-order valence-corrected chi connectivity index (χ1v) is 10.3. The maximum atomic E-state index is 12.5. The van der Waals surface area contributed by atoms with Crippen molar-refractivity contribution in [3.63, 3.8) is 0 Å². The number of carbonyl (C=O) groups excluding carboxylic acids is 1. The van der Waals surface area contributed by atoms with Gasteiger partial charge >= 0.3 is 0 Å². The summed E-state index contributed by atoms with van der Waals surface area (Å²) in [6.45, 7) is 11.7. The monoisotopic (exact) mass is 509 g/mol. The lowest BCUT2D eigenvalue weighted by Gasteiger charge is -2.40. The quantitative estimate of drug-likeness (QED) is 0.341. The first-order valence-electron chi connectivity index (χ1n) is 10.3. The van der Waals surface area contributed by atoms with Gasteiger partial charge in [0.05, 0.1) is 13.2 Å². The summed E-state index contributed by atoms with van der Waals surface area (Å²) in [4.78, 5) is 23.6. The van der Waals surface area contributed by atoms with Gasteiger partial charge in [0.15, 0.2) is 5.96 Å². The van der Waals surface area contributed by atoms with E-state index in [1.807, 2.05) is 11.9 Å². The Labute approximate surface area is 186 Å². The van der Waals surface area contributed by atoms with E-state index in [4.69, 9.17) is 9.47 Å². The third-order valence-corrected chi connectivity index (χ3v) is 5.85. The summed E-state index contributed by atoms with van der Waals surface area (Å²) in [5.74, 6) is 1.08. The number of nitrogens with zero attached hydrogens (tertiary/aromatic N) is 4. The highest BCUT2D eigenvalue weighted by molar-refractivity contribution is 14.0. The van der Waals surface area contributed by atoms with Crippen LogP contribution in [0.15, 0.2) is 4.99 Å². The first kappa shape index (κ1) is 23.6. The highest BCUT2D eigenvalue weighted by Crippen LogP contribution is 2.16. The van der Waals surface area contributed by atoms with Gasteiger partial charge in [-0.05, 0) is 26.7 Å². The maximum absolute atomic E-state index is 12.5. The summed E-state index contributed by atoms with van der Waals surface area (Å²) in [5, 5.41) is 3.52. The van der Waals surface area contributed by atoms with E-state index >= 15 is 0 Å². The molecule has 1 amide bonds. The Morgan fingerprint density at radius 3 is 2.50 bits per heavy atom. The van der Waals surface area contributed by atoms with Gasteiger partial charge in [0, 0.05) is 65.0 Å². The van der Waals surface area contributed by atoms with Crippen molar-refractivity contribution in [1.82, 2.24) is 20.0 Å². The van der Waals surface area contributed by atoms with Gasteiger partial charge in [-0.25, -0.2) is 0 Å². The zero-order chi connectivity index (χ0) is 19.2. The normalized spacial score (nSPS) is 28.0. The van der Waals surface area contributed by atoms with Crippen LogP contribution in [0.2, 0.25) is 0 Å². The molecule has 0 saturated carbocycles. The van der Waals surface area contributed by atoms with Crippen LogP contribution >= 0.6 is 24.0 Å². The molecule has 3 atom stereocenters. The van der Waals surface area contributed by atoms with Crippen molar-refractivity contribution in [3.8, 4) is 0 Å². The predicted molar refractivity (Wildman–Crippen MR) is 120 cm³/mol. The van der Waals surface area contributed by atoms with Crippen LogP contribution in [-0.2, 0) is 14.3 Å². The Bertz CT molecular complexity index is 522. The van der Waals surface area contributed by atoms with Crippen LogP contribution in [0.5, 0.6) is 0 Å². The minimum Gasteiger partial charge on any atom is -0.379 e. The zero-order valence-electron chi connectivity index (χ0n) is 17.4. The number of rotatable bonds is 4. The molecule has 8 nitrogen and oxygen atoms in total. The Morgan fingerprint density at radius 2 is 1.89 bits per heavy atom. The van der Waals surface area contributed by atoms with Crippen LogP contribution in [0.25, 0.3) is 0 Å². The number of hydrogen-bond donors (Lipinski definition) is 1. The SMILES string of the molecule is CN=C(NCC(C)N1CCOCC1C)N1CCN(C(=O)C2CCCO2)CC1.I. The number of aliphatic imine (C=N–C) groups is 1. The Balaban J connectivity index is 0.00000280. The lowest BCUT2D eigenvalue weighted by Crippen LogP contribution is -2.57. The number of carbonyl (C=O) groups is 1. The minimum absolute atomic E-state index is 0. The lowest BCUT2D eigenvalue weighted by atomic mass is 10.2. The van der Waals surface area contributed by atoms with E-state index in [1.165, 1.54) is 0 Å². The highest BCUT2D eigenvalue weighted by Gasteiger charge is 2.31. The molecule has 0 radical (unpaired) electrons. The largest absolute Gasteiger partial charge is 0.379 e. The van der Waals surface area contributed by atoms with Gasteiger partial charge in [-0.1, -0.05) is 0 Å². The van der Waals surface area contributed by atoms with E-state index in [0.717, 1.165) is 71.3 Å². The van der Waals surface area contributed by atoms with Gasteiger partial charge in [-0.2, -0.15) is 0 Å². The molecule has 0 aliphatic carbocycles. The molecule has 3 saturated heterocycles. The number of halogens is 1. The number of hydrogen-bond acceptors (Lipinski definition) is 5. The van der Waals surface area contributed by atoms with Gasteiger partial charge in [-0.15, -0.1) is 24.0 Å². The van der Waals surface area contributed by atoms with Gasteiger partial charge < -0.3 is 24.6 Å². The summed E-state index contributed by atoms with van der Waals surface area (Å²) in [5.41, 5.74) is 0. The topological polar surface area (TPSA) is 69.6 Å². The van der Waals surface area contributed by atoms with Crippen molar-refractivity contribution in [1.29, 1.82) is 0 Å². The van der Waals surface area contributed by atoms with E-state index in [2.05, 4.69) is 34.0 Å². The van der Waals surface area contributed by atoms with E-state index in [-0.39, 0.29) is 36.0 Å². The fourth-order valence-corrected chi connectivity index (χ4v) is 4.20. The van der Waals surface area contributed by atoms with E-state index in [0.29, 0.717) is 18.7 Å². The standard InChI is InChI=1S/C19H35N5O3.HI/c1-15(24-10-12-26-14-16(24)2)13-21-19(20-3)23-8-6-22(7-9-23)18(25)17-5-4-11-27-17;/h15-17H,4-14H2,1-3H3,(H,20,21);1H. The van der Waals surface area contributed by atoms with Crippen molar-refractivity contribution in [2.75, 3.05) is 66.1 Å². The van der Waals surface area contributed by atoms with Crippen LogP contribution in [-0.4, -0.2) is 111 Å². The first-order chi connectivity index (χ1) is 13.1. The van der Waals surface area contributed by atoms with E-state index in [9.17, 15) is 4.79 Å². The second-order valence-corrected chi connectivity index (χ2v) is 7.75. The molecule has 0 aromatic carbocycles. The summed E-state index contributed by atoms with van der Waals surface area (Å²) in [6.07, 6.45) is 1.64. The van der Waals surface area contributed by atoms with Crippen LogP contribution in [0.3, 0.4) is 0 Å². The number of guanidine groups is 1. The molecule has 3 aliphatic rings. The van der Waals surface area contributed by atoms with Crippen LogP contribution in [0.1, 0.15) is 26.7 Å². The van der Waals surface area contributed by atoms with Crippen LogP contribution in [0, 0.1) is 0 Å². The number of amides is 1. The van der Waals surface area contributed by atoms with Gasteiger partial charge in [-0.3, -0.25) is 14.7 Å². The van der Waals surface area contributed by atoms with Crippen molar-refractivity contribution in [2.24, 2.45) is 4.99 Å². The molecule has 3 rings (SSSR count). The molecular weight excluding hydrogens is 473 g/mol. The molecular formula is C19H36IN5O3. The Hall–Kier alpha value is -0.650. The second kappa shape index (κ2) is 11.5. The molecule has 3 fully saturated rings. The van der Waals surface area contributed by atoms with Crippen molar-refractivity contribution >= 4 is 35.8 Å². The summed E-state index contributed by atoms with van der Waals surface area (Å²) >= 11 is 0. The molecule has 162 valence electrons.